The summed E-state index contributed by atoms with van der Waals surface area (Å²) in [6.45, 7) is 4.47. The maximum Gasteiger partial charge on any atom is 0.0366 e. The van der Waals surface area contributed by atoms with E-state index < -0.39 is 0 Å². The summed E-state index contributed by atoms with van der Waals surface area (Å²) in [5.74, 6) is 2.49. The second kappa shape index (κ2) is 5.60. The molecule has 1 unspecified atom stereocenters. The van der Waals surface area contributed by atoms with Gasteiger partial charge in [0.05, 0.1) is 0 Å². The Balaban J connectivity index is 2.06. The van der Waals surface area contributed by atoms with Crippen molar-refractivity contribution in [1.29, 1.82) is 0 Å². The van der Waals surface area contributed by atoms with E-state index >= 15 is 0 Å². The molecule has 0 aromatic heterocycles. The van der Waals surface area contributed by atoms with Crippen LogP contribution in [0.1, 0.15) is 24.9 Å². The lowest BCUT2D eigenvalue weighted by molar-refractivity contribution is 0.698. The highest BCUT2D eigenvalue weighted by molar-refractivity contribution is 7.99. The predicted molar refractivity (Wildman–Crippen MR) is 73.2 cm³/mol. The van der Waals surface area contributed by atoms with E-state index in [4.69, 9.17) is 5.73 Å². The van der Waals surface area contributed by atoms with Gasteiger partial charge in [-0.2, -0.15) is 11.8 Å². The lowest BCUT2D eigenvalue weighted by atomic mass is 10.1. The summed E-state index contributed by atoms with van der Waals surface area (Å²) in [6, 6.07) is 8.95. The summed E-state index contributed by atoms with van der Waals surface area (Å²) in [4.78, 5) is 2.46. The Morgan fingerprint density at radius 2 is 1.88 bits per heavy atom. The first-order chi connectivity index (χ1) is 7.81. The Bertz CT molecular complexity index is 317. The molecule has 3 heteroatoms. The molecule has 1 aliphatic heterocycles. The summed E-state index contributed by atoms with van der Waals surface area (Å²) < 4.78 is 0. The van der Waals surface area contributed by atoms with Gasteiger partial charge in [-0.05, 0) is 24.1 Å². The van der Waals surface area contributed by atoms with E-state index in [1.165, 1.54) is 35.8 Å². The lowest BCUT2D eigenvalue weighted by Gasteiger charge is -2.28. The zero-order chi connectivity index (χ0) is 11.4. The fourth-order valence-electron chi connectivity index (χ4n) is 1.99. The number of anilines is 1. The van der Waals surface area contributed by atoms with Crippen molar-refractivity contribution in [3.05, 3.63) is 29.8 Å². The van der Waals surface area contributed by atoms with Gasteiger partial charge in [-0.1, -0.05) is 19.1 Å². The monoisotopic (exact) mass is 236 g/mol. The van der Waals surface area contributed by atoms with Gasteiger partial charge in [0, 0.05) is 36.3 Å². The average Bonchev–Trinajstić information content (AvgIpc) is 2.39. The molecule has 0 aliphatic carbocycles. The minimum Gasteiger partial charge on any atom is -0.370 e. The lowest BCUT2D eigenvalue weighted by Crippen LogP contribution is -2.32. The van der Waals surface area contributed by atoms with Crippen LogP contribution in [0, 0.1) is 0 Å². The molecule has 16 heavy (non-hydrogen) atoms. The van der Waals surface area contributed by atoms with Crippen molar-refractivity contribution in [1.82, 2.24) is 0 Å². The smallest absolute Gasteiger partial charge is 0.0366 e. The van der Waals surface area contributed by atoms with Crippen molar-refractivity contribution in [2.75, 3.05) is 29.5 Å². The molecule has 0 saturated carbocycles. The van der Waals surface area contributed by atoms with E-state index in [1.807, 2.05) is 11.8 Å². The first kappa shape index (κ1) is 11.8. The van der Waals surface area contributed by atoms with Gasteiger partial charge < -0.3 is 10.6 Å². The number of rotatable bonds is 3. The number of benzene rings is 1. The SMILES string of the molecule is CCC(N)c1ccc(N2CCSCC2)cc1. The van der Waals surface area contributed by atoms with Crippen molar-refractivity contribution >= 4 is 17.4 Å². The fourth-order valence-corrected chi connectivity index (χ4v) is 2.89. The van der Waals surface area contributed by atoms with Crippen LogP contribution in [-0.2, 0) is 0 Å². The molecule has 1 aliphatic rings. The molecule has 0 bridgehead atoms. The minimum atomic E-state index is 0.186. The standard InChI is InChI=1S/C13H20N2S/c1-2-13(14)11-3-5-12(6-4-11)15-7-9-16-10-8-15/h3-6,13H,2,7-10,14H2,1H3. The highest BCUT2D eigenvalue weighted by Crippen LogP contribution is 2.22. The van der Waals surface area contributed by atoms with Gasteiger partial charge in [0.1, 0.15) is 0 Å². The second-order valence-corrected chi connectivity index (χ2v) is 5.43. The quantitative estimate of drug-likeness (QED) is 0.875. The van der Waals surface area contributed by atoms with Gasteiger partial charge in [0.15, 0.2) is 0 Å². The van der Waals surface area contributed by atoms with E-state index in [1.54, 1.807) is 0 Å². The molecule has 1 aromatic rings. The molecule has 2 nitrogen and oxygen atoms in total. The first-order valence-corrected chi connectivity index (χ1v) is 7.15. The Labute approximate surface area is 102 Å². The minimum absolute atomic E-state index is 0.186. The summed E-state index contributed by atoms with van der Waals surface area (Å²) in [6.07, 6.45) is 1.000. The second-order valence-electron chi connectivity index (χ2n) is 4.21. The zero-order valence-corrected chi connectivity index (χ0v) is 10.7. The third-order valence-electron chi connectivity index (χ3n) is 3.14. The molecule has 1 aromatic carbocycles. The number of hydrogen-bond donors (Lipinski definition) is 1. The molecule has 0 amide bonds. The average molecular weight is 236 g/mol. The van der Waals surface area contributed by atoms with Crippen LogP contribution in [0.3, 0.4) is 0 Å². The third kappa shape index (κ3) is 2.71. The Morgan fingerprint density at radius 1 is 1.25 bits per heavy atom. The molecule has 2 N–H and O–H groups in total. The van der Waals surface area contributed by atoms with Crippen LogP contribution in [-0.4, -0.2) is 24.6 Å². The van der Waals surface area contributed by atoms with Crippen LogP contribution in [0.15, 0.2) is 24.3 Å². The van der Waals surface area contributed by atoms with Crippen molar-refractivity contribution in [3.8, 4) is 0 Å². The molecular weight excluding hydrogens is 216 g/mol. The van der Waals surface area contributed by atoms with Crippen molar-refractivity contribution in [3.63, 3.8) is 0 Å². The van der Waals surface area contributed by atoms with Crippen molar-refractivity contribution in [2.45, 2.75) is 19.4 Å². The number of nitrogens with two attached hydrogens (primary N) is 1. The molecule has 0 radical (unpaired) electrons. The molecule has 1 atom stereocenters. The maximum absolute atomic E-state index is 6.01. The van der Waals surface area contributed by atoms with E-state index in [-0.39, 0.29) is 6.04 Å². The largest absolute Gasteiger partial charge is 0.370 e. The molecule has 1 saturated heterocycles. The van der Waals surface area contributed by atoms with Crippen LogP contribution >= 0.6 is 11.8 Å². The molecule has 0 spiro atoms. The van der Waals surface area contributed by atoms with E-state index in [2.05, 4.69) is 36.1 Å². The maximum atomic E-state index is 6.01. The van der Waals surface area contributed by atoms with E-state index in [0.29, 0.717) is 0 Å². The van der Waals surface area contributed by atoms with Crippen molar-refractivity contribution in [2.24, 2.45) is 5.73 Å². The van der Waals surface area contributed by atoms with Crippen LogP contribution in [0.4, 0.5) is 5.69 Å². The first-order valence-electron chi connectivity index (χ1n) is 5.99. The number of nitrogens with zero attached hydrogens (tertiary/aromatic N) is 1. The Hall–Kier alpha value is -0.670. The van der Waals surface area contributed by atoms with Crippen molar-refractivity contribution < 1.29 is 0 Å². The van der Waals surface area contributed by atoms with Gasteiger partial charge in [0.2, 0.25) is 0 Å². The van der Waals surface area contributed by atoms with Crippen LogP contribution in [0.5, 0.6) is 0 Å². The summed E-state index contributed by atoms with van der Waals surface area (Å²) in [5, 5.41) is 0. The highest BCUT2D eigenvalue weighted by Gasteiger charge is 2.11. The van der Waals surface area contributed by atoms with Gasteiger partial charge in [-0.25, -0.2) is 0 Å². The summed E-state index contributed by atoms with van der Waals surface area (Å²) in [5.41, 5.74) is 8.59. The Kier molecular flexibility index (Phi) is 4.13. The zero-order valence-electron chi connectivity index (χ0n) is 9.86. The predicted octanol–water partition coefficient (Wildman–Crippen LogP) is 2.65. The van der Waals surface area contributed by atoms with Gasteiger partial charge in [-0.3, -0.25) is 0 Å². The van der Waals surface area contributed by atoms with Crippen LogP contribution < -0.4 is 10.6 Å². The normalized spacial score (nSPS) is 18.5. The Morgan fingerprint density at radius 3 is 2.44 bits per heavy atom. The number of hydrogen-bond acceptors (Lipinski definition) is 3. The molecular formula is C13H20N2S. The topological polar surface area (TPSA) is 29.3 Å². The summed E-state index contributed by atoms with van der Waals surface area (Å²) in [7, 11) is 0. The molecule has 1 fully saturated rings. The molecule has 88 valence electrons. The summed E-state index contributed by atoms with van der Waals surface area (Å²) >= 11 is 2.04. The van der Waals surface area contributed by atoms with E-state index in [9.17, 15) is 0 Å². The molecule has 2 rings (SSSR count). The van der Waals surface area contributed by atoms with Gasteiger partial charge in [-0.15, -0.1) is 0 Å². The van der Waals surface area contributed by atoms with Crippen LogP contribution in [0.25, 0.3) is 0 Å². The van der Waals surface area contributed by atoms with Crippen LogP contribution in [0.2, 0.25) is 0 Å². The van der Waals surface area contributed by atoms with E-state index in [0.717, 1.165) is 6.42 Å². The number of thioether (sulfide) groups is 1. The van der Waals surface area contributed by atoms with Gasteiger partial charge >= 0.3 is 0 Å². The van der Waals surface area contributed by atoms with Gasteiger partial charge in [0.25, 0.3) is 0 Å². The third-order valence-corrected chi connectivity index (χ3v) is 4.08. The highest BCUT2D eigenvalue weighted by atomic mass is 32.2. The fraction of sp³-hybridized carbons (Fsp3) is 0.538. The molecule has 1 heterocycles.